The summed E-state index contributed by atoms with van der Waals surface area (Å²) in [4.78, 5) is 0. The second kappa shape index (κ2) is 3.66. The van der Waals surface area contributed by atoms with Gasteiger partial charge in [-0.3, -0.25) is 0 Å². The Bertz CT molecular complexity index is 308. The predicted octanol–water partition coefficient (Wildman–Crippen LogP) is 1.73. The fourth-order valence-electron chi connectivity index (χ4n) is 1.34. The van der Waals surface area contributed by atoms with E-state index in [0.29, 0.717) is 5.75 Å². The van der Waals surface area contributed by atoms with Gasteiger partial charge in [0.2, 0.25) is 0 Å². The molecule has 1 aromatic carbocycles. The lowest BCUT2D eigenvalue weighted by molar-refractivity contribution is 0.372. The molecular formula is C10H15NO2. The molecule has 1 rings (SSSR count). The summed E-state index contributed by atoms with van der Waals surface area (Å²) in [7, 11) is 1.52. The smallest absolute Gasteiger partial charge is 0.160 e. The molecule has 0 bridgehead atoms. The Hall–Kier alpha value is -1.22. The molecule has 0 saturated carbocycles. The molecule has 0 heterocycles. The highest BCUT2D eigenvalue weighted by atomic mass is 16.5. The lowest BCUT2D eigenvalue weighted by atomic mass is 10.0. The number of aromatic hydroxyl groups is 1. The van der Waals surface area contributed by atoms with Gasteiger partial charge in [0.25, 0.3) is 0 Å². The Morgan fingerprint density at radius 3 is 2.54 bits per heavy atom. The fourth-order valence-corrected chi connectivity index (χ4v) is 1.34. The van der Waals surface area contributed by atoms with Crippen molar-refractivity contribution < 1.29 is 9.84 Å². The van der Waals surface area contributed by atoms with Gasteiger partial charge < -0.3 is 15.6 Å². The zero-order valence-electron chi connectivity index (χ0n) is 8.16. The number of methoxy groups -OCH3 is 1. The molecule has 0 aliphatic carbocycles. The molecule has 0 spiro atoms. The summed E-state index contributed by atoms with van der Waals surface area (Å²) in [6, 6.07) is 3.39. The van der Waals surface area contributed by atoms with Crippen molar-refractivity contribution in [3.8, 4) is 11.5 Å². The van der Waals surface area contributed by atoms with Crippen LogP contribution in [0.2, 0.25) is 0 Å². The van der Waals surface area contributed by atoms with E-state index in [0.717, 1.165) is 11.1 Å². The topological polar surface area (TPSA) is 55.5 Å². The third-order valence-corrected chi connectivity index (χ3v) is 2.06. The van der Waals surface area contributed by atoms with Gasteiger partial charge >= 0.3 is 0 Å². The van der Waals surface area contributed by atoms with E-state index in [9.17, 15) is 5.11 Å². The van der Waals surface area contributed by atoms with Crippen molar-refractivity contribution in [2.75, 3.05) is 7.11 Å². The highest BCUT2D eigenvalue weighted by Gasteiger charge is 2.09. The van der Waals surface area contributed by atoms with Gasteiger partial charge in [0.1, 0.15) is 0 Å². The van der Waals surface area contributed by atoms with E-state index in [4.69, 9.17) is 10.5 Å². The zero-order valence-corrected chi connectivity index (χ0v) is 8.16. The van der Waals surface area contributed by atoms with Crippen LogP contribution in [0.15, 0.2) is 12.1 Å². The molecule has 3 N–H and O–H groups in total. The first kappa shape index (κ1) is 9.86. The molecule has 13 heavy (non-hydrogen) atoms. The summed E-state index contributed by atoms with van der Waals surface area (Å²) >= 11 is 0. The van der Waals surface area contributed by atoms with Gasteiger partial charge in [0.15, 0.2) is 11.5 Å². The SMILES string of the molecule is COc1cc([C@@H](C)N)c(C)cc1O. The quantitative estimate of drug-likeness (QED) is 0.730. The maximum atomic E-state index is 9.43. The van der Waals surface area contributed by atoms with Gasteiger partial charge in [0, 0.05) is 6.04 Å². The van der Waals surface area contributed by atoms with E-state index in [-0.39, 0.29) is 11.8 Å². The lowest BCUT2D eigenvalue weighted by Crippen LogP contribution is -2.07. The first-order valence-electron chi connectivity index (χ1n) is 4.19. The van der Waals surface area contributed by atoms with Crippen LogP contribution in [0.3, 0.4) is 0 Å². The number of aryl methyl sites for hydroxylation is 1. The maximum absolute atomic E-state index is 9.43. The molecule has 0 unspecified atom stereocenters. The van der Waals surface area contributed by atoms with Crippen molar-refractivity contribution in [2.24, 2.45) is 5.73 Å². The molecule has 3 heteroatoms. The third kappa shape index (κ3) is 1.92. The molecule has 1 aromatic rings. The fraction of sp³-hybridized carbons (Fsp3) is 0.400. The number of ether oxygens (including phenoxy) is 1. The highest BCUT2D eigenvalue weighted by molar-refractivity contribution is 5.46. The molecule has 0 saturated heterocycles. The van der Waals surface area contributed by atoms with Crippen LogP contribution >= 0.6 is 0 Å². The number of rotatable bonds is 2. The van der Waals surface area contributed by atoms with Crippen LogP contribution in [0, 0.1) is 6.92 Å². The Balaban J connectivity index is 3.22. The van der Waals surface area contributed by atoms with Crippen LogP contribution in [0.1, 0.15) is 24.1 Å². The van der Waals surface area contributed by atoms with Crippen molar-refractivity contribution in [1.82, 2.24) is 0 Å². The lowest BCUT2D eigenvalue weighted by Gasteiger charge is -2.12. The number of phenols is 1. The second-order valence-corrected chi connectivity index (χ2v) is 3.17. The normalized spacial score (nSPS) is 12.6. The van der Waals surface area contributed by atoms with Crippen molar-refractivity contribution in [3.63, 3.8) is 0 Å². The molecule has 0 amide bonds. The van der Waals surface area contributed by atoms with E-state index in [1.54, 1.807) is 12.1 Å². The Kier molecular flexibility index (Phi) is 2.78. The summed E-state index contributed by atoms with van der Waals surface area (Å²) in [5, 5.41) is 9.43. The monoisotopic (exact) mass is 181 g/mol. The van der Waals surface area contributed by atoms with E-state index in [2.05, 4.69) is 0 Å². The molecular weight excluding hydrogens is 166 g/mol. The van der Waals surface area contributed by atoms with Gasteiger partial charge in [-0.05, 0) is 37.1 Å². The third-order valence-electron chi connectivity index (χ3n) is 2.06. The molecule has 0 radical (unpaired) electrons. The average molecular weight is 181 g/mol. The highest BCUT2D eigenvalue weighted by Crippen LogP contribution is 2.31. The van der Waals surface area contributed by atoms with Crippen LogP contribution in [-0.4, -0.2) is 12.2 Å². The number of nitrogens with two attached hydrogens (primary N) is 1. The van der Waals surface area contributed by atoms with E-state index < -0.39 is 0 Å². The average Bonchev–Trinajstić information content (AvgIpc) is 2.03. The van der Waals surface area contributed by atoms with Crippen LogP contribution in [0.4, 0.5) is 0 Å². The first-order valence-corrected chi connectivity index (χ1v) is 4.19. The Labute approximate surface area is 78.1 Å². The van der Waals surface area contributed by atoms with Crippen LogP contribution in [-0.2, 0) is 0 Å². The molecule has 3 nitrogen and oxygen atoms in total. The van der Waals surface area contributed by atoms with Crippen molar-refractivity contribution >= 4 is 0 Å². The molecule has 72 valence electrons. The van der Waals surface area contributed by atoms with E-state index in [1.165, 1.54) is 7.11 Å². The number of benzene rings is 1. The summed E-state index contributed by atoms with van der Waals surface area (Å²) in [6.07, 6.45) is 0. The maximum Gasteiger partial charge on any atom is 0.160 e. The summed E-state index contributed by atoms with van der Waals surface area (Å²) < 4.78 is 4.99. The zero-order chi connectivity index (χ0) is 10.0. The number of hydrogen-bond acceptors (Lipinski definition) is 3. The van der Waals surface area contributed by atoms with Crippen molar-refractivity contribution in [3.05, 3.63) is 23.3 Å². The molecule has 1 atom stereocenters. The van der Waals surface area contributed by atoms with Crippen LogP contribution < -0.4 is 10.5 Å². The van der Waals surface area contributed by atoms with Crippen molar-refractivity contribution in [1.29, 1.82) is 0 Å². The van der Waals surface area contributed by atoms with Gasteiger partial charge in [0.05, 0.1) is 7.11 Å². The summed E-state index contributed by atoms with van der Waals surface area (Å²) in [5.74, 6) is 0.627. The van der Waals surface area contributed by atoms with Gasteiger partial charge in [-0.2, -0.15) is 0 Å². The van der Waals surface area contributed by atoms with E-state index in [1.807, 2.05) is 13.8 Å². The van der Waals surface area contributed by atoms with E-state index >= 15 is 0 Å². The summed E-state index contributed by atoms with van der Waals surface area (Å²) in [6.45, 7) is 3.82. The molecule has 0 fully saturated rings. The van der Waals surface area contributed by atoms with Crippen LogP contribution in [0.25, 0.3) is 0 Å². The van der Waals surface area contributed by atoms with Crippen molar-refractivity contribution in [2.45, 2.75) is 19.9 Å². The summed E-state index contributed by atoms with van der Waals surface area (Å²) in [5.41, 5.74) is 7.73. The minimum absolute atomic E-state index is 0.0468. The minimum Gasteiger partial charge on any atom is -0.504 e. The second-order valence-electron chi connectivity index (χ2n) is 3.17. The Morgan fingerprint density at radius 2 is 2.08 bits per heavy atom. The number of hydrogen-bond donors (Lipinski definition) is 2. The minimum atomic E-state index is -0.0468. The number of phenolic OH excluding ortho intramolecular Hbond substituents is 1. The first-order chi connectivity index (χ1) is 6.06. The van der Waals surface area contributed by atoms with Gasteiger partial charge in [-0.25, -0.2) is 0 Å². The van der Waals surface area contributed by atoms with Crippen LogP contribution in [0.5, 0.6) is 11.5 Å². The molecule has 0 aliphatic heterocycles. The molecule has 0 aliphatic rings. The standard InChI is InChI=1S/C10H15NO2/c1-6-4-9(12)10(13-3)5-8(6)7(2)11/h4-5,7,12H,11H2,1-3H3/t7-/m1/s1. The largest absolute Gasteiger partial charge is 0.504 e. The van der Waals surface area contributed by atoms with Gasteiger partial charge in [-0.1, -0.05) is 0 Å². The Morgan fingerprint density at radius 1 is 1.46 bits per heavy atom. The molecule has 0 aromatic heterocycles. The predicted molar refractivity (Wildman–Crippen MR) is 52.0 cm³/mol. The van der Waals surface area contributed by atoms with Gasteiger partial charge in [-0.15, -0.1) is 0 Å².